The molecule has 0 aliphatic carbocycles. The molecule has 0 aliphatic heterocycles. The van der Waals surface area contributed by atoms with Crippen molar-refractivity contribution in [1.29, 1.82) is 0 Å². The van der Waals surface area contributed by atoms with E-state index >= 15 is 0 Å². The standard InChI is InChI=1S/C15H24O2/c1-12(2)14-8-6-13(7-9-14)11-15(16)5-4-10-17-3/h6-9,12,15-16H,4-5,10-11H2,1-3H3. The lowest BCUT2D eigenvalue weighted by Gasteiger charge is -2.11. The highest BCUT2D eigenvalue weighted by Crippen LogP contribution is 2.16. The first-order chi connectivity index (χ1) is 8.13. The first-order valence-corrected chi connectivity index (χ1v) is 6.39. The predicted octanol–water partition coefficient (Wildman–Crippen LogP) is 3.14. The average Bonchev–Trinajstić information content (AvgIpc) is 2.30. The quantitative estimate of drug-likeness (QED) is 0.737. The third kappa shape index (κ3) is 5.33. The molecule has 1 atom stereocenters. The lowest BCUT2D eigenvalue weighted by molar-refractivity contribution is 0.135. The van der Waals surface area contributed by atoms with Crippen molar-refractivity contribution in [3.8, 4) is 0 Å². The maximum atomic E-state index is 9.85. The van der Waals surface area contributed by atoms with E-state index in [4.69, 9.17) is 4.74 Å². The molecule has 1 N–H and O–H groups in total. The number of aliphatic hydroxyl groups excluding tert-OH is 1. The van der Waals surface area contributed by atoms with Crippen molar-refractivity contribution in [3.05, 3.63) is 35.4 Å². The fourth-order valence-corrected chi connectivity index (χ4v) is 1.88. The van der Waals surface area contributed by atoms with E-state index in [1.165, 1.54) is 11.1 Å². The highest BCUT2D eigenvalue weighted by molar-refractivity contribution is 5.25. The molecule has 1 aromatic carbocycles. The van der Waals surface area contributed by atoms with Gasteiger partial charge in [0.1, 0.15) is 0 Å². The molecule has 96 valence electrons. The summed E-state index contributed by atoms with van der Waals surface area (Å²) in [5.41, 5.74) is 2.56. The first-order valence-electron chi connectivity index (χ1n) is 6.39. The lowest BCUT2D eigenvalue weighted by atomic mass is 9.99. The van der Waals surface area contributed by atoms with Crippen LogP contribution in [0.4, 0.5) is 0 Å². The number of methoxy groups -OCH3 is 1. The Hall–Kier alpha value is -0.860. The van der Waals surface area contributed by atoms with Gasteiger partial charge in [-0.25, -0.2) is 0 Å². The zero-order valence-corrected chi connectivity index (χ0v) is 11.1. The van der Waals surface area contributed by atoms with Crippen molar-refractivity contribution >= 4 is 0 Å². The molecule has 1 aromatic rings. The third-order valence-corrected chi connectivity index (χ3v) is 3.00. The van der Waals surface area contributed by atoms with Gasteiger partial charge in [0.2, 0.25) is 0 Å². The number of hydrogen-bond acceptors (Lipinski definition) is 2. The van der Waals surface area contributed by atoms with Gasteiger partial charge in [-0.3, -0.25) is 0 Å². The molecule has 0 aliphatic rings. The molecule has 0 amide bonds. The summed E-state index contributed by atoms with van der Waals surface area (Å²) >= 11 is 0. The molecular weight excluding hydrogens is 212 g/mol. The molecule has 0 spiro atoms. The highest BCUT2D eigenvalue weighted by atomic mass is 16.5. The van der Waals surface area contributed by atoms with Gasteiger partial charge in [-0.15, -0.1) is 0 Å². The molecule has 0 fully saturated rings. The predicted molar refractivity (Wildman–Crippen MR) is 71.4 cm³/mol. The smallest absolute Gasteiger partial charge is 0.0581 e. The zero-order valence-electron chi connectivity index (χ0n) is 11.1. The maximum Gasteiger partial charge on any atom is 0.0581 e. The zero-order chi connectivity index (χ0) is 12.7. The molecule has 0 saturated heterocycles. The molecule has 2 heteroatoms. The van der Waals surface area contributed by atoms with E-state index < -0.39 is 0 Å². The Labute approximate surface area is 105 Å². The summed E-state index contributed by atoms with van der Waals surface area (Å²) in [4.78, 5) is 0. The molecule has 17 heavy (non-hydrogen) atoms. The lowest BCUT2D eigenvalue weighted by Crippen LogP contribution is -2.11. The Morgan fingerprint density at radius 3 is 2.35 bits per heavy atom. The van der Waals surface area contributed by atoms with Crippen molar-refractivity contribution < 1.29 is 9.84 Å². The average molecular weight is 236 g/mol. The van der Waals surface area contributed by atoms with Crippen LogP contribution in [0.15, 0.2) is 24.3 Å². The summed E-state index contributed by atoms with van der Waals surface area (Å²) in [6.45, 7) is 5.10. The molecule has 0 heterocycles. The summed E-state index contributed by atoms with van der Waals surface area (Å²) in [5.74, 6) is 0.565. The summed E-state index contributed by atoms with van der Waals surface area (Å²) in [7, 11) is 1.69. The molecule has 0 bridgehead atoms. The summed E-state index contributed by atoms with van der Waals surface area (Å²) in [6.07, 6.45) is 2.21. The van der Waals surface area contributed by atoms with Gasteiger partial charge >= 0.3 is 0 Å². The van der Waals surface area contributed by atoms with Crippen molar-refractivity contribution in [3.63, 3.8) is 0 Å². The second-order valence-corrected chi connectivity index (χ2v) is 4.89. The number of aliphatic hydroxyl groups is 1. The van der Waals surface area contributed by atoms with Crippen LogP contribution in [-0.2, 0) is 11.2 Å². The maximum absolute atomic E-state index is 9.85. The highest BCUT2D eigenvalue weighted by Gasteiger charge is 2.06. The minimum atomic E-state index is -0.255. The Kier molecular flexibility index (Phi) is 6.23. The van der Waals surface area contributed by atoms with Gasteiger partial charge in [0.15, 0.2) is 0 Å². The van der Waals surface area contributed by atoms with Gasteiger partial charge in [-0.1, -0.05) is 38.1 Å². The minimum Gasteiger partial charge on any atom is -0.393 e. The van der Waals surface area contributed by atoms with E-state index in [0.717, 1.165) is 25.9 Å². The number of rotatable bonds is 7. The van der Waals surface area contributed by atoms with E-state index in [0.29, 0.717) is 5.92 Å². The summed E-state index contributed by atoms with van der Waals surface area (Å²) in [5, 5.41) is 9.85. The van der Waals surface area contributed by atoms with Crippen LogP contribution in [0, 0.1) is 0 Å². The van der Waals surface area contributed by atoms with Crippen LogP contribution in [-0.4, -0.2) is 24.9 Å². The number of hydrogen-bond donors (Lipinski definition) is 1. The Morgan fingerprint density at radius 1 is 1.18 bits per heavy atom. The van der Waals surface area contributed by atoms with E-state index in [9.17, 15) is 5.11 Å². The second kappa shape index (κ2) is 7.46. The van der Waals surface area contributed by atoms with Gasteiger partial charge in [0.05, 0.1) is 6.10 Å². The van der Waals surface area contributed by atoms with Crippen LogP contribution in [0.3, 0.4) is 0 Å². The first kappa shape index (κ1) is 14.2. The summed E-state index contributed by atoms with van der Waals surface area (Å²) in [6, 6.07) is 8.55. The van der Waals surface area contributed by atoms with Gasteiger partial charge in [0.25, 0.3) is 0 Å². The Balaban J connectivity index is 2.40. The number of ether oxygens (including phenoxy) is 1. The van der Waals surface area contributed by atoms with E-state index in [2.05, 4.69) is 38.1 Å². The molecule has 2 nitrogen and oxygen atoms in total. The van der Waals surface area contributed by atoms with Gasteiger partial charge < -0.3 is 9.84 Å². The van der Waals surface area contributed by atoms with Crippen LogP contribution in [0.1, 0.15) is 43.7 Å². The molecular formula is C15H24O2. The van der Waals surface area contributed by atoms with Crippen LogP contribution in [0.2, 0.25) is 0 Å². The second-order valence-electron chi connectivity index (χ2n) is 4.89. The van der Waals surface area contributed by atoms with Gasteiger partial charge in [0, 0.05) is 13.7 Å². The number of benzene rings is 1. The van der Waals surface area contributed by atoms with Crippen molar-refractivity contribution in [2.24, 2.45) is 0 Å². The normalized spacial score (nSPS) is 13.0. The topological polar surface area (TPSA) is 29.5 Å². The van der Waals surface area contributed by atoms with Crippen molar-refractivity contribution in [2.75, 3.05) is 13.7 Å². The van der Waals surface area contributed by atoms with Crippen LogP contribution < -0.4 is 0 Å². The SMILES string of the molecule is COCCCC(O)Cc1ccc(C(C)C)cc1. The largest absolute Gasteiger partial charge is 0.393 e. The monoisotopic (exact) mass is 236 g/mol. The van der Waals surface area contributed by atoms with Crippen LogP contribution in [0.5, 0.6) is 0 Å². The molecule has 0 radical (unpaired) electrons. The molecule has 0 saturated carbocycles. The fraction of sp³-hybridized carbons (Fsp3) is 0.600. The van der Waals surface area contributed by atoms with Gasteiger partial charge in [-0.2, -0.15) is 0 Å². The minimum absolute atomic E-state index is 0.255. The van der Waals surface area contributed by atoms with Crippen LogP contribution in [0.25, 0.3) is 0 Å². The van der Waals surface area contributed by atoms with Gasteiger partial charge in [-0.05, 0) is 36.3 Å². The fourth-order valence-electron chi connectivity index (χ4n) is 1.88. The third-order valence-electron chi connectivity index (χ3n) is 3.00. The molecule has 0 aromatic heterocycles. The van der Waals surface area contributed by atoms with E-state index in [-0.39, 0.29) is 6.10 Å². The van der Waals surface area contributed by atoms with Crippen LogP contribution >= 0.6 is 0 Å². The van der Waals surface area contributed by atoms with E-state index in [1.807, 2.05) is 0 Å². The molecule has 1 rings (SSSR count). The Morgan fingerprint density at radius 2 is 1.82 bits per heavy atom. The van der Waals surface area contributed by atoms with Crippen molar-refractivity contribution in [1.82, 2.24) is 0 Å². The molecule has 1 unspecified atom stereocenters. The summed E-state index contributed by atoms with van der Waals surface area (Å²) < 4.78 is 4.97. The van der Waals surface area contributed by atoms with Crippen molar-refractivity contribution in [2.45, 2.75) is 45.1 Å². The Bertz CT molecular complexity index is 303. The van der Waals surface area contributed by atoms with E-state index in [1.54, 1.807) is 7.11 Å².